The first kappa shape index (κ1) is 57.7. The van der Waals surface area contributed by atoms with Gasteiger partial charge in [-0.15, -0.1) is 0 Å². The number of methoxy groups -OCH3 is 11. The molecule has 418 valence electrons. The predicted molar refractivity (Wildman–Crippen MR) is 308 cm³/mol. The second-order valence-electron chi connectivity index (χ2n) is 18.3. The number of hydrogen-bond acceptors (Lipinski definition) is 18. The van der Waals surface area contributed by atoms with Gasteiger partial charge in [-0.25, -0.2) is 0 Å². The van der Waals surface area contributed by atoms with Gasteiger partial charge >= 0.3 is 0 Å². The molecule has 18 nitrogen and oxygen atoms in total. The van der Waals surface area contributed by atoms with Crippen molar-refractivity contribution in [1.82, 2.24) is 0 Å². The Balaban J connectivity index is 1.41. The minimum absolute atomic E-state index is 0.181. The third-order valence-corrected chi connectivity index (χ3v) is 15.9. The molecule has 2 radical (unpaired) electrons. The molecule has 6 aromatic carbocycles. The highest BCUT2D eigenvalue weighted by molar-refractivity contribution is 7.11. The van der Waals surface area contributed by atoms with Crippen molar-refractivity contribution in [3.8, 4) is 86.2 Å². The summed E-state index contributed by atoms with van der Waals surface area (Å²) in [7, 11) is 33.7. The number of rotatable bonds is 20. The Kier molecular flexibility index (Phi) is 18.1. The molecule has 3 heterocycles. The minimum Gasteiger partial charge on any atom is -0.496 e. The van der Waals surface area contributed by atoms with Crippen molar-refractivity contribution in [1.29, 1.82) is 0 Å². The lowest BCUT2D eigenvalue weighted by Crippen LogP contribution is -2.41. The molecular formula is C56H63BO18P4. The maximum Gasteiger partial charge on any atom is 0.165 e. The summed E-state index contributed by atoms with van der Waals surface area (Å²) in [5, 5.41) is 0. The Morgan fingerprint density at radius 1 is 0.367 bits per heavy atom. The number of fused-ring (bicyclic) bond motifs is 3. The van der Waals surface area contributed by atoms with Gasteiger partial charge in [-0.2, -0.15) is 0 Å². The van der Waals surface area contributed by atoms with Gasteiger partial charge in [-0.3, -0.25) is 0 Å². The van der Waals surface area contributed by atoms with E-state index in [0.717, 1.165) is 11.1 Å². The zero-order valence-corrected chi connectivity index (χ0v) is 50.1. The largest absolute Gasteiger partial charge is 0.496 e. The van der Waals surface area contributed by atoms with E-state index in [9.17, 15) is 0 Å². The third-order valence-electron chi connectivity index (χ3n) is 14.9. The van der Waals surface area contributed by atoms with E-state index < -0.39 is 48.5 Å². The van der Waals surface area contributed by atoms with Crippen LogP contribution < -0.4 is 75.7 Å². The molecule has 0 fully saturated rings. The first-order valence-corrected chi connectivity index (χ1v) is 26.5. The summed E-state index contributed by atoms with van der Waals surface area (Å²) in [6.07, 6.45) is -4.46. The monoisotopic (exact) mass is 1160 g/mol. The van der Waals surface area contributed by atoms with Crippen LogP contribution in [0.3, 0.4) is 0 Å². The summed E-state index contributed by atoms with van der Waals surface area (Å²) in [6.45, 7) is 0. The van der Waals surface area contributed by atoms with Crippen LogP contribution in [0, 0.1) is 0 Å². The van der Waals surface area contributed by atoms with E-state index in [1.807, 2.05) is 54.6 Å². The normalized spacial score (nSPS) is 20.8. The Labute approximate surface area is 470 Å². The second kappa shape index (κ2) is 24.8. The SMILES string of the molecule is [B]c1c(OP)cc(OP)c2c1OC(c1ccc(OP)c(OP)c1)C(OC)C2c1c(OC)cc(OC)c2c1OC(c1ccc(OC)c(OC)c1)C(OC)C2c1c(OC)cc(OC)c2c1OC(c1ccc(OC)c(OC)c1)C(OC)C2. The average molecular weight is 1160 g/mol. The summed E-state index contributed by atoms with van der Waals surface area (Å²) in [5.41, 5.74) is 5.09. The van der Waals surface area contributed by atoms with Crippen LogP contribution in [0.2, 0.25) is 0 Å². The second-order valence-corrected chi connectivity index (χ2v) is 19.3. The standard InChI is InChI=1S/C56H63BO18P4/c1-58-29-15-12-25(18-33(29)61-4)49-41(66-9)21-28-32(60-3)22-36(63-6)42(52(28)69-49)46-43-37(64-7)23-38(65-8)44(53(43)70-50(55(46)67-10)26-13-16-30(59-2)34(19-26)62-5)47-45-39(74-78)24-40(75-79)48(57)54(45)71-51(56(47)68-11)27-14-17-31(72-76)35(20-27)73-77/h12-20,22-24,41,46-47,49-51,55-56H,21,76-79H2,1-11H3. The van der Waals surface area contributed by atoms with Gasteiger partial charge in [-0.05, 0) is 58.6 Å². The van der Waals surface area contributed by atoms with Crippen molar-refractivity contribution in [2.45, 2.75) is 54.9 Å². The van der Waals surface area contributed by atoms with Crippen molar-refractivity contribution in [3.63, 3.8) is 0 Å². The van der Waals surface area contributed by atoms with Gasteiger partial charge in [0.1, 0.15) is 77.9 Å². The van der Waals surface area contributed by atoms with E-state index in [4.69, 9.17) is 92.3 Å². The molecule has 6 aromatic rings. The molecule has 23 heteroatoms. The molecule has 3 aliphatic rings. The van der Waals surface area contributed by atoms with E-state index in [1.165, 1.54) is 0 Å². The molecular weight excluding hydrogens is 1100 g/mol. The van der Waals surface area contributed by atoms with Gasteiger partial charge in [0, 0.05) is 73.8 Å². The van der Waals surface area contributed by atoms with Crippen LogP contribution in [0.1, 0.15) is 74.7 Å². The van der Waals surface area contributed by atoms with Crippen LogP contribution >= 0.6 is 37.9 Å². The summed E-state index contributed by atoms with van der Waals surface area (Å²) < 4.78 is 114. The Hall–Kier alpha value is -6.02. The van der Waals surface area contributed by atoms with Crippen molar-refractivity contribution in [2.24, 2.45) is 0 Å². The highest BCUT2D eigenvalue weighted by Gasteiger charge is 2.53. The summed E-state index contributed by atoms with van der Waals surface area (Å²) in [5.74, 6) is 4.42. The highest BCUT2D eigenvalue weighted by atomic mass is 31.0. The molecule has 12 unspecified atom stereocenters. The molecule has 0 aromatic heterocycles. The first-order chi connectivity index (χ1) is 38.4. The summed E-state index contributed by atoms with van der Waals surface area (Å²) in [4.78, 5) is 0. The fourth-order valence-electron chi connectivity index (χ4n) is 11.3. The maximum atomic E-state index is 7.64. The molecule has 0 bridgehead atoms. The van der Waals surface area contributed by atoms with Crippen LogP contribution in [-0.2, 0) is 20.6 Å². The van der Waals surface area contributed by atoms with Gasteiger partial charge in [-0.1, -0.05) is 18.2 Å². The number of hydrogen-bond donors (Lipinski definition) is 0. The van der Waals surface area contributed by atoms with E-state index in [2.05, 4.69) is 37.9 Å². The molecule has 3 aliphatic heterocycles. The molecule has 9 rings (SSSR count). The van der Waals surface area contributed by atoms with Crippen molar-refractivity contribution < 1.29 is 84.4 Å². The fraction of sp³-hybridized carbons (Fsp3) is 0.357. The van der Waals surface area contributed by atoms with Gasteiger partial charge < -0.3 is 84.4 Å². The molecule has 0 saturated heterocycles. The quantitative estimate of drug-likeness (QED) is 0.0523. The Bertz CT molecular complexity index is 3200. The topological polar surface area (TPSA) is 166 Å². The van der Waals surface area contributed by atoms with Crippen molar-refractivity contribution in [2.75, 3.05) is 78.2 Å². The lowest BCUT2D eigenvalue weighted by atomic mass is 9.72. The first-order valence-electron chi connectivity index (χ1n) is 24.6. The lowest BCUT2D eigenvalue weighted by Gasteiger charge is -2.45. The maximum absolute atomic E-state index is 7.64. The van der Waals surface area contributed by atoms with Crippen LogP contribution in [0.4, 0.5) is 0 Å². The molecule has 79 heavy (non-hydrogen) atoms. The van der Waals surface area contributed by atoms with E-state index in [0.29, 0.717) is 115 Å². The fourth-order valence-corrected chi connectivity index (χ4v) is 12.0. The molecule has 0 aliphatic carbocycles. The van der Waals surface area contributed by atoms with Crippen LogP contribution in [0.25, 0.3) is 0 Å². The minimum atomic E-state index is -0.940. The average Bonchev–Trinajstić information content (AvgIpc) is 3.33. The predicted octanol–water partition coefficient (Wildman–Crippen LogP) is 9.48. The summed E-state index contributed by atoms with van der Waals surface area (Å²) in [6, 6.07) is 22.0. The smallest absolute Gasteiger partial charge is 0.165 e. The molecule has 0 spiro atoms. The van der Waals surface area contributed by atoms with E-state index in [1.54, 1.807) is 96.4 Å². The van der Waals surface area contributed by atoms with Crippen molar-refractivity contribution >= 4 is 51.2 Å². The van der Waals surface area contributed by atoms with Gasteiger partial charge in [0.05, 0.1) is 107 Å². The van der Waals surface area contributed by atoms with Gasteiger partial charge in [0.2, 0.25) is 0 Å². The zero-order valence-electron chi connectivity index (χ0n) is 45.5. The zero-order chi connectivity index (χ0) is 56.4. The van der Waals surface area contributed by atoms with E-state index in [-0.39, 0.29) is 17.0 Å². The highest BCUT2D eigenvalue weighted by Crippen LogP contribution is 2.63. The van der Waals surface area contributed by atoms with Gasteiger partial charge in [0.15, 0.2) is 52.8 Å². The third kappa shape index (κ3) is 10.1. The number of benzene rings is 6. The summed E-state index contributed by atoms with van der Waals surface area (Å²) >= 11 is 0. The van der Waals surface area contributed by atoms with E-state index >= 15 is 0 Å². The molecule has 0 N–H and O–H groups in total. The molecule has 12 atom stereocenters. The van der Waals surface area contributed by atoms with Crippen molar-refractivity contribution in [3.05, 3.63) is 117 Å². The van der Waals surface area contributed by atoms with Crippen LogP contribution in [0.5, 0.6) is 86.2 Å². The molecule has 0 amide bonds. The Morgan fingerprint density at radius 3 is 1.19 bits per heavy atom. The number of ether oxygens (including phenoxy) is 14. The molecule has 0 saturated carbocycles. The van der Waals surface area contributed by atoms with Crippen LogP contribution in [0.15, 0.2) is 72.8 Å². The van der Waals surface area contributed by atoms with Gasteiger partial charge in [0.25, 0.3) is 0 Å². The lowest BCUT2D eigenvalue weighted by molar-refractivity contribution is -0.0341. The van der Waals surface area contributed by atoms with Crippen LogP contribution in [-0.4, -0.2) is 104 Å². The Morgan fingerprint density at radius 2 is 0.747 bits per heavy atom.